The van der Waals surface area contributed by atoms with Crippen molar-refractivity contribution in [2.24, 2.45) is 0 Å². The molecule has 1 aliphatic rings. The Morgan fingerprint density at radius 3 is 2.68 bits per heavy atom. The number of fused-ring (bicyclic) bond motifs is 1. The maximum atomic E-state index is 11.3. The largest absolute Gasteiger partial charge is 0.350 e. The number of aromatic nitrogens is 1. The number of rotatable bonds is 4. The molecule has 5 nitrogen and oxygen atoms in total. The average Bonchev–Trinajstić information content (AvgIpc) is 3.06. The van der Waals surface area contributed by atoms with Crippen LogP contribution in [0.2, 0.25) is 0 Å². The van der Waals surface area contributed by atoms with Crippen molar-refractivity contribution in [1.82, 2.24) is 9.47 Å². The molecule has 0 unspecified atom stereocenters. The summed E-state index contributed by atoms with van der Waals surface area (Å²) in [4.78, 5) is 13.5. The summed E-state index contributed by atoms with van der Waals surface area (Å²) in [5.74, 6) is 0. The first-order chi connectivity index (χ1) is 13.5. The molecule has 144 valence electrons. The molecule has 0 saturated heterocycles. The Balaban J connectivity index is 1.76. The Kier molecular flexibility index (Phi) is 5.01. The van der Waals surface area contributed by atoms with Crippen molar-refractivity contribution in [3.63, 3.8) is 0 Å². The number of aryl methyl sites for hydroxylation is 3. The molecule has 2 heterocycles. The third kappa shape index (κ3) is 3.58. The number of nitro groups is 1. The third-order valence-corrected chi connectivity index (χ3v) is 5.71. The quantitative estimate of drug-likeness (QED) is 0.476. The predicted molar refractivity (Wildman–Crippen MR) is 110 cm³/mol. The van der Waals surface area contributed by atoms with E-state index in [4.69, 9.17) is 0 Å². The number of nitro benzene ring substituents is 1. The van der Waals surface area contributed by atoms with Gasteiger partial charge in [0.25, 0.3) is 5.69 Å². The zero-order chi connectivity index (χ0) is 19.7. The van der Waals surface area contributed by atoms with E-state index >= 15 is 0 Å². The van der Waals surface area contributed by atoms with Gasteiger partial charge >= 0.3 is 0 Å². The van der Waals surface area contributed by atoms with Crippen LogP contribution >= 0.6 is 0 Å². The monoisotopic (exact) mass is 375 g/mol. The number of hydrogen-bond acceptors (Lipinski definition) is 3. The van der Waals surface area contributed by atoms with Crippen molar-refractivity contribution in [2.75, 3.05) is 6.54 Å². The van der Waals surface area contributed by atoms with Crippen LogP contribution in [0.1, 0.15) is 40.4 Å². The van der Waals surface area contributed by atoms with Crippen LogP contribution in [-0.2, 0) is 13.1 Å². The fourth-order valence-electron chi connectivity index (χ4n) is 4.14. The highest BCUT2D eigenvalue weighted by atomic mass is 16.6. The summed E-state index contributed by atoms with van der Waals surface area (Å²) in [6.07, 6.45) is 3.16. The zero-order valence-corrected chi connectivity index (χ0v) is 16.3. The van der Waals surface area contributed by atoms with Crippen molar-refractivity contribution in [3.05, 3.63) is 98.9 Å². The van der Waals surface area contributed by atoms with Gasteiger partial charge in [-0.3, -0.25) is 15.0 Å². The predicted octanol–water partition coefficient (Wildman–Crippen LogP) is 5.01. The molecule has 5 heteroatoms. The Morgan fingerprint density at radius 1 is 1.04 bits per heavy atom. The SMILES string of the molecule is Cc1ccc(CN2CCCn3cccc3[C@H]2c2cccc([N+](=O)[O-])c2)cc1C. The molecule has 0 spiro atoms. The number of non-ortho nitro benzene ring substituents is 1. The van der Waals surface area contributed by atoms with E-state index in [-0.39, 0.29) is 16.7 Å². The van der Waals surface area contributed by atoms with E-state index < -0.39 is 0 Å². The molecule has 0 radical (unpaired) electrons. The average molecular weight is 375 g/mol. The first-order valence-corrected chi connectivity index (χ1v) is 9.72. The smallest absolute Gasteiger partial charge is 0.269 e. The molecule has 28 heavy (non-hydrogen) atoms. The topological polar surface area (TPSA) is 51.3 Å². The highest BCUT2D eigenvalue weighted by Crippen LogP contribution is 2.34. The van der Waals surface area contributed by atoms with Crippen molar-refractivity contribution >= 4 is 5.69 Å². The van der Waals surface area contributed by atoms with Gasteiger partial charge < -0.3 is 4.57 Å². The standard InChI is InChI=1S/C23H25N3O2/c1-17-9-10-19(14-18(17)2)16-25-13-5-12-24-11-4-8-22(24)23(25)20-6-3-7-21(15-20)26(27)28/h3-4,6-11,14-15,23H,5,12-13,16H2,1-2H3/t23-/m1/s1. The van der Waals surface area contributed by atoms with Gasteiger partial charge in [-0.1, -0.05) is 30.3 Å². The number of nitrogens with zero attached hydrogens (tertiary/aromatic N) is 3. The molecule has 0 N–H and O–H groups in total. The summed E-state index contributed by atoms with van der Waals surface area (Å²) in [5.41, 5.74) is 6.18. The minimum atomic E-state index is -0.313. The Hall–Kier alpha value is -2.92. The van der Waals surface area contributed by atoms with Crippen LogP contribution in [-0.4, -0.2) is 20.9 Å². The molecule has 0 fully saturated rings. The number of benzene rings is 2. The molecule has 0 bridgehead atoms. The molecule has 0 saturated carbocycles. The van der Waals surface area contributed by atoms with Gasteiger partial charge in [-0.25, -0.2) is 0 Å². The summed E-state index contributed by atoms with van der Waals surface area (Å²) < 4.78 is 2.28. The van der Waals surface area contributed by atoms with Crippen molar-refractivity contribution in [3.8, 4) is 0 Å². The summed E-state index contributed by atoms with van der Waals surface area (Å²) >= 11 is 0. The second-order valence-corrected chi connectivity index (χ2v) is 7.62. The van der Waals surface area contributed by atoms with E-state index in [1.165, 1.54) is 22.4 Å². The van der Waals surface area contributed by atoms with Crippen LogP contribution in [0, 0.1) is 24.0 Å². The Bertz CT molecular complexity index is 1010. The second-order valence-electron chi connectivity index (χ2n) is 7.62. The van der Waals surface area contributed by atoms with Crippen LogP contribution in [0.4, 0.5) is 5.69 Å². The molecule has 0 amide bonds. The van der Waals surface area contributed by atoms with E-state index in [9.17, 15) is 10.1 Å². The lowest BCUT2D eigenvalue weighted by Crippen LogP contribution is -2.29. The summed E-state index contributed by atoms with van der Waals surface area (Å²) in [6.45, 7) is 7.01. The van der Waals surface area contributed by atoms with Crippen LogP contribution in [0.5, 0.6) is 0 Å². The molecule has 2 aromatic carbocycles. The number of hydrogen-bond donors (Lipinski definition) is 0. The van der Waals surface area contributed by atoms with Gasteiger partial charge in [0.1, 0.15) is 0 Å². The minimum Gasteiger partial charge on any atom is -0.350 e. The maximum absolute atomic E-state index is 11.3. The third-order valence-electron chi connectivity index (χ3n) is 5.71. The van der Waals surface area contributed by atoms with Crippen molar-refractivity contribution in [1.29, 1.82) is 0 Å². The highest BCUT2D eigenvalue weighted by Gasteiger charge is 2.28. The molecule has 1 aromatic heterocycles. The lowest BCUT2D eigenvalue weighted by Gasteiger charge is -2.30. The fraction of sp³-hybridized carbons (Fsp3) is 0.304. The first kappa shape index (κ1) is 18.4. The van der Waals surface area contributed by atoms with Gasteiger partial charge in [0.05, 0.1) is 11.0 Å². The lowest BCUT2D eigenvalue weighted by atomic mass is 9.99. The summed E-state index contributed by atoms with van der Waals surface area (Å²) in [6, 6.07) is 17.9. The van der Waals surface area contributed by atoms with Crippen LogP contribution in [0.3, 0.4) is 0 Å². The normalized spacial score (nSPS) is 17.1. The van der Waals surface area contributed by atoms with Gasteiger partial charge in [-0.15, -0.1) is 0 Å². The Labute approximate surface area is 165 Å². The zero-order valence-electron chi connectivity index (χ0n) is 16.3. The summed E-state index contributed by atoms with van der Waals surface area (Å²) in [7, 11) is 0. The molecule has 4 rings (SSSR count). The highest BCUT2D eigenvalue weighted by molar-refractivity contribution is 5.39. The molecule has 3 aromatic rings. The van der Waals surface area contributed by atoms with Crippen LogP contribution < -0.4 is 0 Å². The maximum Gasteiger partial charge on any atom is 0.269 e. The van der Waals surface area contributed by atoms with Crippen LogP contribution in [0.25, 0.3) is 0 Å². The lowest BCUT2D eigenvalue weighted by molar-refractivity contribution is -0.384. The fourth-order valence-corrected chi connectivity index (χ4v) is 4.14. The van der Waals surface area contributed by atoms with Gasteiger partial charge in [0.2, 0.25) is 0 Å². The van der Waals surface area contributed by atoms with E-state index in [1.807, 2.05) is 6.07 Å². The van der Waals surface area contributed by atoms with Gasteiger partial charge in [0, 0.05) is 43.7 Å². The van der Waals surface area contributed by atoms with Gasteiger partial charge in [0.15, 0.2) is 0 Å². The molecular formula is C23H25N3O2. The second kappa shape index (κ2) is 7.60. The van der Waals surface area contributed by atoms with Crippen LogP contribution in [0.15, 0.2) is 60.8 Å². The summed E-state index contributed by atoms with van der Waals surface area (Å²) in [5, 5.41) is 11.3. The van der Waals surface area contributed by atoms with E-state index in [0.717, 1.165) is 31.6 Å². The van der Waals surface area contributed by atoms with Crippen molar-refractivity contribution in [2.45, 2.75) is 39.4 Å². The van der Waals surface area contributed by atoms with E-state index in [1.54, 1.807) is 18.2 Å². The van der Waals surface area contributed by atoms with E-state index in [2.05, 4.69) is 59.8 Å². The van der Waals surface area contributed by atoms with Gasteiger partial charge in [-0.05, 0) is 54.7 Å². The van der Waals surface area contributed by atoms with E-state index in [0.29, 0.717) is 0 Å². The van der Waals surface area contributed by atoms with Crippen molar-refractivity contribution < 1.29 is 4.92 Å². The molecular weight excluding hydrogens is 350 g/mol. The molecule has 1 aliphatic heterocycles. The Morgan fingerprint density at radius 2 is 1.89 bits per heavy atom. The van der Waals surface area contributed by atoms with Gasteiger partial charge in [-0.2, -0.15) is 0 Å². The molecule has 0 aliphatic carbocycles. The first-order valence-electron chi connectivity index (χ1n) is 9.72. The minimum absolute atomic E-state index is 0.000917. The molecule has 1 atom stereocenters.